The standard InChI is InChI=1S/C34H40O8/c1-39-29(35)25-10-21(11-26(14-25)30(36)40-2)5-7-33-16-23-9-24(17-33)19-34(18-23,20-33)8-6-22-12-27(31(37)41-3)15-28(13-22)32(38)42-4/h10-15,23-24H,5-9,16-20H2,1-4H3. The van der Waals surface area contributed by atoms with Crippen LogP contribution in [0.3, 0.4) is 0 Å². The van der Waals surface area contributed by atoms with E-state index < -0.39 is 23.9 Å². The van der Waals surface area contributed by atoms with Gasteiger partial charge in [0, 0.05) is 0 Å². The highest BCUT2D eigenvalue weighted by Crippen LogP contribution is 2.67. The first-order valence-electron chi connectivity index (χ1n) is 14.7. The Morgan fingerprint density at radius 1 is 0.571 bits per heavy atom. The number of carbonyl (C=O) groups is 4. The van der Waals surface area contributed by atoms with Crippen molar-refractivity contribution in [3.8, 4) is 0 Å². The van der Waals surface area contributed by atoms with Gasteiger partial charge in [-0.15, -0.1) is 0 Å². The Labute approximate surface area is 247 Å². The highest BCUT2D eigenvalue weighted by molar-refractivity contribution is 5.96. The van der Waals surface area contributed by atoms with Gasteiger partial charge in [0.05, 0.1) is 50.7 Å². The summed E-state index contributed by atoms with van der Waals surface area (Å²) in [5, 5.41) is 0. The van der Waals surface area contributed by atoms with Gasteiger partial charge in [0.15, 0.2) is 0 Å². The summed E-state index contributed by atoms with van der Waals surface area (Å²) >= 11 is 0. The molecule has 2 aromatic carbocycles. The summed E-state index contributed by atoms with van der Waals surface area (Å²) in [6.07, 6.45) is 10.8. The van der Waals surface area contributed by atoms with Crippen molar-refractivity contribution >= 4 is 23.9 Å². The number of methoxy groups -OCH3 is 4. The molecular formula is C34H40O8. The number of hydrogen-bond donors (Lipinski definition) is 0. The number of carbonyl (C=O) groups excluding carboxylic acids is 4. The quantitative estimate of drug-likeness (QED) is 0.251. The Bertz CT molecular complexity index is 1210. The molecule has 4 fully saturated rings. The minimum absolute atomic E-state index is 0.224. The van der Waals surface area contributed by atoms with Crippen molar-refractivity contribution in [1.29, 1.82) is 0 Å². The van der Waals surface area contributed by atoms with Gasteiger partial charge in [0.2, 0.25) is 0 Å². The van der Waals surface area contributed by atoms with Crippen molar-refractivity contribution in [1.82, 2.24) is 0 Å². The number of esters is 4. The minimum atomic E-state index is -0.470. The van der Waals surface area contributed by atoms with Gasteiger partial charge in [-0.05, 0) is 134 Å². The van der Waals surface area contributed by atoms with Gasteiger partial charge in [0.1, 0.15) is 0 Å². The number of benzene rings is 2. The van der Waals surface area contributed by atoms with Gasteiger partial charge in [0.25, 0.3) is 0 Å². The molecule has 0 radical (unpaired) electrons. The second-order valence-corrected chi connectivity index (χ2v) is 12.8. The van der Waals surface area contributed by atoms with E-state index in [4.69, 9.17) is 18.9 Å². The Morgan fingerprint density at radius 2 is 0.881 bits per heavy atom. The molecular weight excluding hydrogens is 536 g/mol. The minimum Gasteiger partial charge on any atom is -0.465 e. The van der Waals surface area contributed by atoms with Crippen molar-refractivity contribution in [3.05, 3.63) is 69.8 Å². The molecule has 0 heterocycles. The van der Waals surface area contributed by atoms with Crippen LogP contribution >= 0.6 is 0 Å². The molecule has 224 valence electrons. The zero-order chi connectivity index (χ0) is 30.1. The molecule has 42 heavy (non-hydrogen) atoms. The summed E-state index contributed by atoms with van der Waals surface area (Å²) in [5.41, 5.74) is 3.77. The molecule has 0 saturated heterocycles. The summed E-state index contributed by atoms with van der Waals surface area (Å²) in [7, 11) is 5.35. The lowest BCUT2D eigenvalue weighted by Gasteiger charge is -2.63. The van der Waals surface area contributed by atoms with E-state index in [-0.39, 0.29) is 10.8 Å². The molecule has 6 rings (SSSR count). The van der Waals surface area contributed by atoms with Crippen molar-refractivity contribution in [3.63, 3.8) is 0 Å². The molecule has 0 atom stereocenters. The summed E-state index contributed by atoms with van der Waals surface area (Å²) in [4.78, 5) is 49.2. The average Bonchev–Trinajstić information content (AvgIpc) is 3.00. The van der Waals surface area contributed by atoms with E-state index in [1.165, 1.54) is 72.7 Å². The molecule has 4 aliphatic rings. The van der Waals surface area contributed by atoms with Crippen LogP contribution < -0.4 is 0 Å². The van der Waals surface area contributed by atoms with E-state index in [2.05, 4.69) is 0 Å². The van der Waals surface area contributed by atoms with Crippen molar-refractivity contribution in [2.24, 2.45) is 22.7 Å². The SMILES string of the molecule is COC(=O)c1cc(CCC23CC4CC(C2)CC(CCc2cc(C(=O)OC)cc(C(=O)OC)c2)(C4)C3)cc(C(=O)OC)c1. The molecule has 0 aliphatic heterocycles. The van der Waals surface area contributed by atoms with Crippen LogP contribution in [0.5, 0.6) is 0 Å². The van der Waals surface area contributed by atoms with Gasteiger partial charge in [-0.2, -0.15) is 0 Å². The maximum atomic E-state index is 12.3. The largest absolute Gasteiger partial charge is 0.465 e. The lowest BCUT2D eigenvalue weighted by atomic mass is 9.42. The summed E-state index contributed by atoms with van der Waals surface area (Å²) in [6, 6.07) is 10.4. The molecule has 0 spiro atoms. The molecule has 4 saturated carbocycles. The third-order valence-electron chi connectivity index (χ3n) is 9.86. The van der Waals surface area contributed by atoms with Crippen LogP contribution in [0.4, 0.5) is 0 Å². The van der Waals surface area contributed by atoms with E-state index in [0.29, 0.717) is 34.1 Å². The van der Waals surface area contributed by atoms with Crippen LogP contribution in [-0.2, 0) is 31.8 Å². The van der Waals surface area contributed by atoms with E-state index in [1.807, 2.05) is 24.3 Å². The Kier molecular flexibility index (Phi) is 8.44. The fourth-order valence-electron chi connectivity index (χ4n) is 8.67. The third kappa shape index (κ3) is 6.08. The van der Waals surface area contributed by atoms with Crippen molar-refractivity contribution in [2.45, 2.75) is 64.2 Å². The molecule has 0 amide bonds. The van der Waals surface area contributed by atoms with Gasteiger partial charge in [-0.1, -0.05) is 0 Å². The van der Waals surface area contributed by atoms with E-state index in [9.17, 15) is 19.2 Å². The van der Waals surface area contributed by atoms with Crippen LogP contribution in [0, 0.1) is 22.7 Å². The number of aryl methyl sites for hydroxylation is 2. The lowest BCUT2D eigenvalue weighted by Crippen LogP contribution is -2.52. The molecule has 8 heteroatoms. The van der Waals surface area contributed by atoms with E-state index >= 15 is 0 Å². The molecule has 2 aromatic rings. The van der Waals surface area contributed by atoms with Gasteiger partial charge >= 0.3 is 23.9 Å². The Balaban J connectivity index is 1.35. The lowest BCUT2D eigenvalue weighted by molar-refractivity contribution is -0.117. The molecule has 0 N–H and O–H groups in total. The summed E-state index contributed by atoms with van der Waals surface area (Å²) in [5.74, 6) is -0.481. The number of ether oxygens (including phenoxy) is 4. The average molecular weight is 577 g/mol. The van der Waals surface area contributed by atoms with Crippen LogP contribution in [0.1, 0.15) is 104 Å². The predicted octanol–water partition coefficient (Wildman–Crippen LogP) is 5.99. The fourth-order valence-corrected chi connectivity index (χ4v) is 8.67. The maximum absolute atomic E-state index is 12.3. The fraction of sp³-hybridized carbons (Fsp3) is 0.529. The third-order valence-corrected chi connectivity index (χ3v) is 9.86. The highest BCUT2D eigenvalue weighted by Gasteiger charge is 2.56. The van der Waals surface area contributed by atoms with Crippen molar-refractivity contribution in [2.75, 3.05) is 28.4 Å². The van der Waals surface area contributed by atoms with Crippen LogP contribution in [-0.4, -0.2) is 52.3 Å². The van der Waals surface area contributed by atoms with E-state index in [0.717, 1.165) is 43.2 Å². The smallest absolute Gasteiger partial charge is 0.337 e. The zero-order valence-electron chi connectivity index (χ0n) is 25.0. The van der Waals surface area contributed by atoms with Crippen molar-refractivity contribution < 1.29 is 38.1 Å². The monoisotopic (exact) mass is 576 g/mol. The molecule has 8 nitrogen and oxygen atoms in total. The van der Waals surface area contributed by atoms with Gasteiger partial charge in [-0.3, -0.25) is 0 Å². The Hall–Kier alpha value is -3.68. The van der Waals surface area contributed by atoms with Crippen LogP contribution in [0.15, 0.2) is 36.4 Å². The Morgan fingerprint density at radius 3 is 1.17 bits per heavy atom. The first-order chi connectivity index (χ1) is 20.1. The maximum Gasteiger partial charge on any atom is 0.337 e. The highest BCUT2D eigenvalue weighted by atomic mass is 16.5. The second kappa shape index (κ2) is 11.9. The second-order valence-electron chi connectivity index (χ2n) is 12.8. The molecule has 4 aliphatic carbocycles. The molecule has 0 aromatic heterocycles. The molecule has 4 bridgehead atoms. The first-order valence-corrected chi connectivity index (χ1v) is 14.7. The first kappa shape index (κ1) is 29.8. The number of hydrogen-bond acceptors (Lipinski definition) is 8. The van der Waals surface area contributed by atoms with E-state index in [1.54, 1.807) is 0 Å². The van der Waals surface area contributed by atoms with Gasteiger partial charge in [-0.25, -0.2) is 19.2 Å². The van der Waals surface area contributed by atoms with Gasteiger partial charge < -0.3 is 18.9 Å². The summed E-state index contributed by atoms with van der Waals surface area (Å²) in [6.45, 7) is 0. The van der Waals surface area contributed by atoms with Crippen LogP contribution in [0.2, 0.25) is 0 Å². The molecule has 0 unspecified atom stereocenters. The predicted molar refractivity (Wildman–Crippen MR) is 154 cm³/mol. The zero-order valence-corrected chi connectivity index (χ0v) is 25.0. The topological polar surface area (TPSA) is 105 Å². The van der Waals surface area contributed by atoms with Crippen LogP contribution in [0.25, 0.3) is 0 Å². The number of rotatable bonds is 10. The summed E-state index contributed by atoms with van der Waals surface area (Å²) < 4.78 is 19.7. The normalized spacial score (nSPS) is 25.5.